The Morgan fingerprint density at radius 2 is 1.80 bits per heavy atom. The van der Waals surface area contributed by atoms with Gasteiger partial charge in [0.2, 0.25) is 0 Å². The van der Waals surface area contributed by atoms with Crippen LogP contribution >= 0.6 is 15.9 Å². The van der Waals surface area contributed by atoms with E-state index in [4.69, 9.17) is 4.74 Å². The molecule has 0 heterocycles. The minimum atomic E-state index is -3.75. The van der Waals surface area contributed by atoms with Gasteiger partial charge in [-0.15, -0.1) is 0 Å². The van der Waals surface area contributed by atoms with Gasteiger partial charge in [0, 0.05) is 11.8 Å². The van der Waals surface area contributed by atoms with Crippen LogP contribution in [0, 0.1) is 5.82 Å². The molecule has 0 aliphatic heterocycles. The van der Waals surface area contributed by atoms with Crippen molar-refractivity contribution in [2.24, 2.45) is 0 Å². The summed E-state index contributed by atoms with van der Waals surface area (Å²) in [5.41, 5.74) is 0.285. The number of rotatable bonds is 4. The van der Waals surface area contributed by atoms with E-state index in [2.05, 4.69) is 20.7 Å². The van der Waals surface area contributed by atoms with Crippen molar-refractivity contribution in [3.05, 3.63) is 52.8 Å². The Morgan fingerprint density at radius 1 is 1.15 bits per heavy atom. The molecule has 0 bridgehead atoms. The molecular weight excluding hydrogens is 349 g/mol. The maximum Gasteiger partial charge on any atom is 0.262 e. The number of nitrogens with one attached hydrogen (secondary N) is 1. The lowest BCUT2D eigenvalue weighted by Gasteiger charge is -2.10. The Labute approximate surface area is 124 Å². The number of hydrogen-bond donors (Lipinski definition) is 1. The third-order valence-corrected chi connectivity index (χ3v) is 4.56. The highest BCUT2D eigenvalue weighted by Gasteiger charge is 2.16. The summed E-state index contributed by atoms with van der Waals surface area (Å²) >= 11 is 3.25. The molecule has 7 heteroatoms. The van der Waals surface area contributed by atoms with Crippen LogP contribution in [0.15, 0.2) is 51.8 Å². The number of sulfonamides is 1. The Kier molecular flexibility index (Phi) is 4.29. The number of halogens is 2. The highest BCUT2D eigenvalue weighted by atomic mass is 79.9. The first kappa shape index (κ1) is 14.8. The van der Waals surface area contributed by atoms with Gasteiger partial charge in [-0.05, 0) is 52.3 Å². The molecule has 0 aliphatic rings. The van der Waals surface area contributed by atoms with Crippen molar-refractivity contribution in [2.45, 2.75) is 4.90 Å². The van der Waals surface area contributed by atoms with Crippen LogP contribution in [-0.2, 0) is 10.0 Å². The molecule has 0 aromatic heterocycles. The predicted octanol–water partition coefficient (Wildman–Crippen LogP) is 3.40. The Hall–Kier alpha value is -1.60. The maximum absolute atomic E-state index is 12.8. The molecule has 20 heavy (non-hydrogen) atoms. The molecule has 0 radical (unpaired) electrons. The molecule has 0 amide bonds. The number of hydrogen-bond acceptors (Lipinski definition) is 3. The smallest absolute Gasteiger partial charge is 0.262 e. The summed E-state index contributed by atoms with van der Waals surface area (Å²) in [7, 11) is -2.30. The van der Waals surface area contributed by atoms with Crippen molar-refractivity contribution in [2.75, 3.05) is 11.8 Å². The van der Waals surface area contributed by atoms with Gasteiger partial charge in [0.15, 0.2) is 0 Å². The Morgan fingerprint density at radius 3 is 2.40 bits per heavy atom. The fourth-order valence-corrected chi connectivity index (χ4v) is 3.02. The van der Waals surface area contributed by atoms with Gasteiger partial charge in [0.25, 0.3) is 10.0 Å². The Bertz CT molecular complexity index is 717. The standard InChI is InChI=1S/C13H11BrFNO3S/c1-19-13-8-11(6-7-12(13)14)20(17,18)16-10-4-2-9(15)3-5-10/h2-8,16H,1H3. The summed E-state index contributed by atoms with van der Waals surface area (Å²) in [4.78, 5) is 0.0573. The van der Waals surface area contributed by atoms with Crippen molar-refractivity contribution in [1.82, 2.24) is 0 Å². The summed E-state index contributed by atoms with van der Waals surface area (Å²) in [6.07, 6.45) is 0. The second-order valence-electron chi connectivity index (χ2n) is 3.91. The molecular formula is C13H11BrFNO3S. The van der Waals surface area contributed by atoms with Crippen molar-refractivity contribution in [3.8, 4) is 5.75 Å². The van der Waals surface area contributed by atoms with E-state index in [9.17, 15) is 12.8 Å². The summed E-state index contributed by atoms with van der Waals surface area (Å²) in [5, 5.41) is 0. The number of methoxy groups -OCH3 is 1. The molecule has 0 saturated heterocycles. The van der Waals surface area contributed by atoms with Crippen LogP contribution in [0.1, 0.15) is 0 Å². The van der Waals surface area contributed by atoms with Gasteiger partial charge < -0.3 is 4.74 Å². The van der Waals surface area contributed by atoms with E-state index in [-0.39, 0.29) is 10.6 Å². The zero-order chi connectivity index (χ0) is 14.8. The average molecular weight is 360 g/mol. The molecule has 0 fully saturated rings. The molecule has 106 valence electrons. The van der Waals surface area contributed by atoms with Crippen molar-refractivity contribution in [3.63, 3.8) is 0 Å². The zero-order valence-electron chi connectivity index (χ0n) is 10.4. The minimum absolute atomic E-state index is 0.0573. The molecule has 2 aromatic rings. The number of anilines is 1. The van der Waals surface area contributed by atoms with E-state index < -0.39 is 15.8 Å². The second-order valence-corrected chi connectivity index (χ2v) is 6.45. The van der Waals surface area contributed by atoms with Gasteiger partial charge in [-0.1, -0.05) is 0 Å². The molecule has 2 rings (SSSR count). The first-order valence-electron chi connectivity index (χ1n) is 5.54. The van der Waals surface area contributed by atoms with E-state index in [0.29, 0.717) is 10.2 Å². The SMILES string of the molecule is COc1cc(S(=O)(=O)Nc2ccc(F)cc2)ccc1Br. The highest BCUT2D eigenvalue weighted by Crippen LogP contribution is 2.28. The fourth-order valence-electron chi connectivity index (χ4n) is 1.54. The third kappa shape index (κ3) is 3.29. The van der Waals surface area contributed by atoms with Crippen LogP contribution in [0.2, 0.25) is 0 Å². The van der Waals surface area contributed by atoms with Gasteiger partial charge in [0.05, 0.1) is 16.5 Å². The molecule has 0 aliphatic carbocycles. The van der Waals surface area contributed by atoms with Crippen LogP contribution in [-0.4, -0.2) is 15.5 Å². The predicted molar refractivity (Wildman–Crippen MR) is 77.9 cm³/mol. The third-order valence-electron chi connectivity index (χ3n) is 2.53. The summed E-state index contributed by atoms with van der Waals surface area (Å²) in [6.45, 7) is 0. The first-order valence-corrected chi connectivity index (χ1v) is 7.82. The van der Waals surface area contributed by atoms with Gasteiger partial charge in [0.1, 0.15) is 11.6 Å². The molecule has 2 aromatic carbocycles. The maximum atomic E-state index is 12.8. The molecule has 0 atom stereocenters. The van der Waals surface area contributed by atoms with E-state index in [1.54, 1.807) is 6.07 Å². The second kappa shape index (κ2) is 5.80. The molecule has 0 saturated carbocycles. The van der Waals surface area contributed by atoms with Crippen LogP contribution in [0.25, 0.3) is 0 Å². The van der Waals surface area contributed by atoms with E-state index in [0.717, 1.165) is 0 Å². The quantitative estimate of drug-likeness (QED) is 0.909. The summed E-state index contributed by atoms with van der Waals surface area (Å²) < 4.78 is 45.2. The van der Waals surface area contributed by atoms with Gasteiger partial charge in [-0.25, -0.2) is 12.8 Å². The molecule has 4 nitrogen and oxygen atoms in total. The normalized spacial score (nSPS) is 11.2. The molecule has 0 unspecified atom stereocenters. The van der Waals surface area contributed by atoms with Crippen LogP contribution in [0.4, 0.5) is 10.1 Å². The van der Waals surface area contributed by atoms with Gasteiger partial charge in [-0.2, -0.15) is 0 Å². The van der Waals surface area contributed by atoms with E-state index in [1.807, 2.05) is 0 Å². The minimum Gasteiger partial charge on any atom is -0.496 e. The average Bonchev–Trinajstić information content (AvgIpc) is 2.41. The van der Waals surface area contributed by atoms with Gasteiger partial charge >= 0.3 is 0 Å². The summed E-state index contributed by atoms with van der Waals surface area (Å²) in [6, 6.07) is 9.48. The highest BCUT2D eigenvalue weighted by molar-refractivity contribution is 9.10. The lowest BCUT2D eigenvalue weighted by molar-refractivity contribution is 0.411. The van der Waals surface area contributed by atoms with Gasteiger partial charge in [-0.3, -0.25) is 4.72 Å². The lowest BCUT2D eigenvalue weighted by atomic mass is 10.3. The monoisotopic (exact) mass is 359 g/mol. The van der Waals surface area contributed by atoms with Crippen LogP contribution in [0.5, 0.6) is 5.75 Å². The van der Waals surface area contributed by atoms with E-state index in [1.165, 1.54) is 43.5 Å². The Balaban J connectivity index is 2.33. The van der Waals surface area contributed by atoms with Crippen LogP contribution in [0.3, 0.4) is 0 Å². The van der Waals surface area contributed by atoms with Crippen molar-refractivity contribution in [1.29, 1.82) is 0 Å². The molecule has 1 N–H and O–H groups in total. The van der Waals surface area contributed by atoms with Crippen LogP contribution < -0.4 is 9.46 Å². The fraction of sp³-hybridized carbons (Fsp3) is 0.0769. The number of benzene rings is 2. The lowest BCUT2D eigenvalue weighted by Crippen LogP contribution is -2.13. The zero-order valence-corrected chi connectivity index (χ0v) is 12.8. The van der Waals surface area contributed by atoms with Crippen molar-refractivity contribution >= 4 is 31.6 Å². The molecule has 0 spiro atoms. The number of ether oxygens (including phenoxy) is 1. The van der Waals surface area contributed by atoms with E-state index >= 15 is 0 Å². The largest absolute Gasteiger partial charge is 0.496 e. The summed E-state index contributed by atoms with van der Waals surface area (Å²) in [5.74, 6) is -0.0229. The topological polar surface area (TPSA) is 55.4 Å². The first-order chi connectivity index (χ1) is 9.42. The van der Waals surface area contributed by atoms with Crippen molar-refractivity contribution < 1.29 is 17.5 Å².